The van der Waals surface area contributed by atoms with E-state index in [2.05, 4.69) is 66.5 Å². The van der Waals surface area contributed by atoms with Crippen molar-refractivity contribution in [2.75, 3.05) is 26.2 Å². The molecule has 3 atom stereocenters. The van der Waals surface area contributed by atoms with Crippen molar-refractivity contribution in [1.82, 2.24) is 10.2 Å². The maximum Gasteiger partial charge on any atom is 0.255 e. The molecule has 1 saturated carbocycles. The van der Waals surface area contributed by atoms with Crippen molar-refractivity contribution >= 4 is 5.91 Å². The summed E-state index contributed by atoms with van der Waals surface area (Å²) in [6.45, 7) is 10.1. The highest BCUT2D eigenvalue weighted by molar-refractivity contribution is 5.97. The van der Waals surface area contributed by atoms with Gasteiger partial charge in [0.1, 0.15) is 11.5 Å². The smallest absolute Gasteiger partial charge is 0.255 e. The number of amides is 1. The Hall–Kier alpha value is -3.31. The minimum absolute atomic E-state index is 0.107. The van der Waals surface area contributed by atoms with Crippen molar-refractivity contribution < 1.29 is 14.6 Å². The van der Waals surface area contributed by atoms with Crippen LogP contribution in [0.5, 0.6) is 11.5 Å². The van der Waals surface area contributed by atoms with E-state index in [1.807, 2.05) is 25.1 Å². The summed E-state index contributed by atoms with van der Waals surface area (Å²) in [5.74, 6) is 2.20. The number of aromatic hydroxyl groups is 1. The van der Waals surface area contributed by atoms with E-state index in [1.165, 1.54) is 24.9 Å². The third-order valence-corrected chi connectivity index (χ3v) is 9.82. The highest BCUT2D eigenvalue weighted by atomic mass is 16.5. The normalized spacial score (nSPS) is 23.9. The topological polar surface area (TPSA) is 61.8 Å². The maximum absolute atomic E-state index is 13.2. The molecule has 1 amide bonds. The summed E-state index contributed by atoms with van der Waals surface area (Å²) in [5.41, 5.74) is 5.98. The SMILES string of the molecule is CCOc1ccc(-c2ccc(CCNC(=O)c3ccc4c(c3O)C3(C)CCN(CC5CC5)C(C4)C3C)cc2)cc1. The summed E-state index contributed by atoms with van der Waals surface area (Å²) >= 11 is 0. The Balaban J connectivity index is 1.10. The molecule has 1 aliphatic heterocycles. The van der Waals surface area contributed by atoms with E-state index >= 15 is 0 Å². The Morgan fingerprint density at radius 1 is 1.05 bits per heavy atom. The van der Waals surface area contributed by atoms with Crippen LogP contribution in [-0.2, 0) is 18.3 Å². The largest absolute Gasteiger partial charge is 0.507 e. The number of carbonyl (C=O) groups is 1. The number of rotatable bonds is 9. The number of benzene rings is 3. The van der Waals surface area contributed by atoms with Gasteiger partial charge in [-0.25, -0.2) is 0 Å². The molecule has 1 saturated heterocycles. The Labute approximate surface area is 238 Å². The summed E-state index contributed by atoms with van der Waals surface area (Å²) in [4.78, 5) is 15.9. The number of carbonyl (C=O) groups excluding carboxylic acids is 1. The van der Waals surface area contributed by atoms with E-state index in [9.17, 15) is 9.90 Å². The molecule has 40 heavy (non-hydrogen) atoms. The molecule has 1 heterocycles. The number of ether oxygens (including phenoxy) is 1. The molecule has 0 radical (unpaired) electrons. The molecule has 6 rings (SSSR count). The first-order valence-electron chi connectivity index (χ1n) is 15.1. The minimum atomic E-state index is -0.198. The van der Waals surface area contributed by atoms with Crippen LogP contribution in [0.15, 0.2) is 60.7 Å². The molecule has 2 bridgehead atoms. The third kappa shape index (κ3) is 5.12. The molecule has 2 aliphatic carbocycles. The zero-order valence-corrected chi connectivity index (χ0v) is 24.1. The number of hydrogen-bond acceptors (Lipinski definition) is 4. The van der Waals surface area contributed by atoms with Gasteiger partial charge in [0.2, 0.25) is 0 Å². The molecule has 0 aromatic heterocycles. The van der Waals surface area contributed by atoms with E-state index in [0.29, 0.717) is 30.7 Å². The zero-order valence-electron chi connectivity index (χ0n) is 24.1. The van der Waals surface area contributed by atoms with Gasteiger partial charge in [0.05, 0.1) is 12.2 Å². The average molecular weight is 539 g/mol. The standard InChI is InChI=1S/C35H42N2O3/c1-4-40-29-14-11-27(12-15-29)26-9-7-24(8-10-26)17-19-36-34(39)30-16-13-28-21-31-23(2)35(3,32(28)33(30)38)18-20-37(31)22-25-5-6-25/h7-16,23,25,31,38H,4-6,17-22H2,1-3H3,(H,36,39). The summed E-state index contributed by atoms with van der Waals surface area (Å²) in [6, 6.07) is 21.1. The van der Waals surface area contributed by atoms with Gasteiger partial charge in [0.15, 0.2) is 0 Å². The quantitative estimate of drug-likeness (QED) is 0.333. The van der Waals surface area contributed by atoms with Gasteiger partial charge in [-0.05, 0) is 97.9 Å². The number of nitrogens with zero attached hydrogens (tertiary/aromatic N) is 1. The fourth-order valence-electron chi connectivity index (χ4n) is 7.07. The van der Waals surface area contributed by atoms with Gasteiger partial charge in [-0.3, -0.25) is 9.69 Å². The lowest BCUT2D eigenvalue weighted by Gasteiger charge is -2.55. The van der Waals surface area contributed by atoms with Crippen LogP contribution in [0.3, 0.4) is 0 Å². The van der Waals surface area contributed by atoms with Crippen molar-refractivity contribution in [2.24, 2.45) is 11.8 Å². The van der Waals surface area contributed by atoms with Crippen LogP contribution in [0.25, 0.3) is 11.1 Å². The molecule has 2 fully saturated rings. The highest BCUT2D eigenvalue weighted by Gasteiger charge is 2.50. The second kappa shape index (κ2) is 10.9. The van der Waals surface area contributed by atoms with Crippen LogP contribution in [-0.4, -0.2) is 48.2 Å². The predicted octanol–water partition coefficient (Wildman–Crippen LogP) is 6.36. The predicted molar refractivity (Wildman–Crippen MR) is 160 cm³/mol. The number of piperidine rings is 1. The van der Waals surface area contributed by atoms with E-state index in [1.54, 1.807) is 0 Å². The van der Waals surface area contributed by atoms with Crippen molar-refractivity contribution in [3.8, 4) is 22.6 Å². The number of likely N-dealkylation sites (tertiary alicyclic amines) is 1. The van der Waals surface area contributed by atoms with Gasteiger partial charge in [-0.15, -0.1) is 0 Å². The van der Waals surface area contributed by atoms with Gasteiger partial charge in [0.25, 0.3) is 5.91 Å². The van der Waals surface area contributed by atoms with Crippen molar-refractivity contribution in [3.63, 3.8) is 0 Å². The van der Waals surface area contributed by atoms with Crippen LogP contribution >= 0.6 is 0 Å². The van der Waals surface area contributed by atoms with Crippen molar-refractivity contribution in [2.45, 2.75) is 64.3 Å². The summed E-state index contributed by atoms with van der Waals surface area (Å²) in [5, 5.41) is 14.5. The first kappa shape index (κ1) is 26.9. The molecular formula is C35H42N2O3. The molecule has 210 valence electrons. The molecular weight excluding hydrogens is 496 g/mol. The number of fused-ring (bicyclic) bond motifs is 4. The Morgan fingerprint density at radius 3 is 2.42 bits per heavy atom. The first-order valence-corrected chi connectivity index (χ1v) is 15.1. The summed E-state index contributed by atoms with van der Waals surface area (Å²) in [6.07, 6.45) is 5.46. The van der Waals surface area contributed by atoms with Gasteiger partial charge < -0.3 is 15.2 Å². The lowest BCUT2D eigenvalue weighted by atomic mass is 9.58. The average Bonchev–Trinajstić information content (AvgIpc) is 3.77. The van der Waals surface area contributed by atoms with Gasteiger partial charge in [-0.1, -0.05) is 56.3 Å². The summed E-state index contributed by atoms with van der Waals surface area (Å²) < 4.78 is 5.54. The molecule has 2 N–H and O–H groups in total. The zero-order chi connectivity index (χ0) is 27.9. The first-order chi connectivity index (χ1) is 19.4. The van der Waals surface area contributed by atoms with Crippen LogP contribution in [0, 0.1) is 11.8 Å². The molecule has 5 heteroatoms. The Kier molecular flexibility index (Phi) is 7.35. The molecule has 3 aliphatic rings. The van der Waals surface area contributed by atoms with Crippen molar-refractivity contribution in [1.29, 1.82) is 0 Å². The minimum Gasteiger partial charge on any atom is -0.507 e. The maximum atomic E-state index is 13.2. The van der Waals surface area contributed by atoms with Crippen LogP contribution < -0.4 is 10.1 Å². The Bertz CT molecular complexity index is 1360. The van der Waals surface area contributed by atoms with Crippen LogP contribution in [0.1, 0.15) is 67.1 Å². The Morgan fingerprint density at radius 2 is 1.75 bits per heavy atom. The van der Waals surface area contributed by atoms with Gasteiger partial charge in [-0.2, -0.15) is 0 Å². The van der Waals surface area contributed by atoms with Gasteiger partial charge >= 0.3 is 0 Å². The van der Waals surface area contributed by atoms with E-state index in [-0.39, 0.29) is 17.1 Å². The number of nitrogens with one attached hydrogen (secondary N) is 1. The lowest BCUT2D eigenvalue weighted by Crippen LogP contribution is -2.58. The number of hydrogen-bond donors (Lipinski definition) is 2. The highest BCUT2D eigenvalue weighted by Crippen LogP contribution is 2.52. The van der Waals surface area contributed by atoms with Gasteiger partial charge in [0, 0.05) is 30.1 Å². The van der Waals surface area contributed by atoms with E-state index in [4.69, 9.17) is 4.74 Å². The van der Waals surface area contributed by atoms with E-state index in [0.717, 1.165) is 59.7 Å². The molecule has 5 nitrogen and oxygen atoms in total. The molecule has 3 aromatic carbocycles. The second-order valence-electron chi connectivity index (χ2n) is 12.3. The number of phenolic OH excluding ortho intramolecular Hbond substituents is 1. The fourth-order valence-corrected chi connectivity index (χ4v) is 7.07. The monoisotopic (exact) mass is 538 g/mol. The summed E-state index contributed by atoms with van der Waals surface area (Å²) in [7, 11) is 0. The molecule has 3 aromatic rings. The fraction of sp³-hybridized carbons (Fsp3) is 0.457. The van der Waals surface area contributed by atoms with Crippen LogP contribution in [0.2, 0.25) is 0 Å². The van der Waals surface area contributed by atoms with Crippen LogP contribution in [0.4, 0.5) is 0 Å². The van der Waals surface area contributed by atoms with E-state index < -0.39 is 0 Å². The third-order valence-electron chi connectivity index (χ3n) is 9.82. The number of phenols is 1. The second-order valence-corrected chi connectivity index (χ2v) is 12.3. The van der Waals surface area contributed by atoms with Crippen molar-refractivity contribution in [3.05, 3.63) is 82.9 Å². The molecule has 3 unspecified atom stereocenters. The molecule has 0 spiro atoms. The lowest BCUT2D eigenvalue weighted by molar-refractivity contribution is 0.0271.